The number of aliphatic hydroxyl groups is 1. The zero-order chi connectivity index (χ0) is 17.7. The van der Waals surface area contributed by atoms with Crippen molar-refractivity contribution in [2.75, 3.05) is 24.4 Å². The predicted octanol–water partition coefficient (Wildman–Crippen LogP) is 3.04. The van der Waals surface area contributed by atoms with Gasteiger partial charge in [0.05, 0.1) is 19.4 Å². The lowest BCUT2D eigenvalue weighted by molar-refractivity contribution is -0.141. The molecule has 0 aliphatic carbocycles. The average Bonchev–Trinajstić information content (AvgIpc) is 2.54. The Morgan fingerprint density at radius 2 is 1.96 bits per heavy atom. The number of aliphatic hydroxyl groups excluding tert-OH is 1. The van der Waals surface area contributed by atoms with Gasteiger partial charge in [0.2, 0.25) is 5.95 Å². The first kappa shape index (κ1) is 17.8. The van der Waals surface area contributed by atoms with Crippen LogP contribution in [0.15, 0.2) is 30.3 Å². The molecule has 24 heavy (non-hydrogen) atoms. The minimum absolute atomic E-state index is 0.0468. The van der Waals surface area contributed by atoms with Gasteiger partial charge in [0.15, 0.2) is 5.69 Å². The minimum atomic E-state index is -4.63. The lowest BCUT2D eigenvalue weighted by Gasteiger charge is -2.16. The highest BCUT2D eigenvalue weighted by molar-refractivity contribution is 5.64. The number of alkyl halides is 3. The molecule has 0 saturated heterocycles. The molecule has 9 heteroatoms. The highest BCUT2D eigenvalue weighted by atomic mass is 19.4. The summed E-state index contributed by atoms with van der Waals surface area (Å²) in [6, 6.07) is 7.08. The van der Waals surface area contributed by atoms with Crippen LogP contribution in [0.2, 0.25) is 0 Å². The SMILES string of the molecule is COc1ccccc1Nc1cc(C(F)(F)F)nc(N[C@H](C)CO)n1. The summed E-state index contributed by atoms with van der Waals surface area (Å²) in [4.78, 5) is 7.45. The molecule has 1 heterocycles. The summed E-state index contributed by atoms with van der Waals surface area (Å²) in [6.45, 7) is 1.33. The molecule has 1 aromatic heterocycles. The maximum atomic E-state index is 13.0. The van der Waals surface area contributed by atoms with E-state index in [1.165, 1.54) is 7.11 Å². The largest absolute Gasteiger partial charge is 0.495 e. The molecule has 0 amide bonds. The van der Waals surface area contributed by atoms with Crippen molar-refractivity contribution in [1.29, 1.82) is 0 Å². The number of para-hydroxylation sites is 2. The van der Waals surface area contributed by atoms with Crippen molar-refractivity contribution in [3.63, 3.8) is 0 Å². The Labute approximate surface area is 136 Å². The minimum Gasteiger partial charge on any atom is -0.495 e. The monoisotopic (exact) mass is 342 g/mol. The van der Waals surface area contributed by atoms with Crippen LogP contribution < -0.4 is 15.4 Å². The van der Waals surface area contributed by atoms with Crippen molar-refractivity contribution >= 4 is 17.5 Å². The highest BCUT2D eigenvalue weighted by Gasteiger charge is 2.34. The Morgan fingerprint density at radius 1 is 1.25 bits per heavy atom. The van der Waals surface area contributed by atoms with Crippen molar-refractivity contribution in [2.24, 2.45) is 0 Å². The zero-order valence-electron chi connectivity index (χ0n) is 13.1. The van der Waals surface area contributed by atoms with Crippen molar-refractivity contribution in [3.8, 4) is 5.75 Å². The van der Waals surface area contributed by atoms with E-state index in [0.717, 1.165) is 6.07 Å². The first-order chi connectivity index (χ1) is 11.3. The lowest BCUT2D eigenvalue weighted by Crippen LogP contribution is -2.22. The molecule has 0 aliphatic rings. The smallest absolute Gasteiger partial charge is 0.433 e. The van der Waals surface area contributed by atoms with Crippen LogP contribution in [-0.4, -0.2) is 34.8 Å². The number of nitrogens with one attached hydrogen (secondary N) is 2. The van der Waals surface area contributed by atoms with E-state index in [2.05, 4.69) is 20.6 Å². The molecule has 0 saturated carbocycles. The molecule has 1 atom stereocenters. The fourth-order valence-corrected chi connectivity index (χ4v) is 1.87. The van der Waals surface area contributed by atoms with Gasteiger partial charge in [-0.2, -0.15) is 18.2 Å². The Balaban J connectivity index is 2.39. The third kappa shape index (κ3) is 4.48. The van der Waals surface area contributed by atoms with Gasteiger partial charge in [0.25, 0.3) is 0 Å². The van der Waals surface area contributed by atoms with E-state index >= 15 is 0 Å². The van der Waals surface area contributed by atoms with E-state index < -0.39 is 17.9 Å². The van der Waals surface area contributed by atoms with Crippen molar-refractivity contribution in [1.82, 2.24) is 9.97 Å². The number of hydrogen-bond acceptors (Lipinski definition) is 6. The zero-order valence-corrected chi connectivity index (χ0v) is 13.1. The second-order valence-corrected chi connectivity index (χ2v) is 5.01. The number of ether oxygens (including phenoxy) is 1. The summed E-state index contributed by atoms with van der Waals surface area (Å²) in [5.74, 6) is 0.182. The van der Waals surface area contributed by atoms with Crippen molar-refractivity contribution < 1.29 is 23.0 Å². The summed E-state index contributed by atoms with van der Waals surface area (Å²) >= 11 is 0. The summed E-state index contributed by atoms with van der Waals surface area (Å²) in [7, 11) is 1.46. The van der Waals surface area contributed by atoms with Gasteiger partial charge in [-0.25, -0.2) is 4.98 Å². The van der Waals surface area contributed by atoms with Gasteiger partial charge in [-0.05, 0) is 19.1 Å². The molecule has 6 nitrogen and oxygen atoms in total. The number of halogens is 3. The van der Waals surface area contributed by atoms with Crippen molar-refractivity contribution in [2.45, 2.75) is 19.1 Å². The van der Waals surface area contributed by atoms with Gasteiger partial charge in [-0.3, -0.25) is 0 Å². The molecule has 0 unspecified atom stereocenters. The molecule has 130 valence electrons. The van der Waals surface area contributed by atoms with Crippen LogP contribution in [-0.2, 0) is 6.18 Å². The molecular formula is C15H17F3N4O2. The van der Waals surface area contributed by atoms with Crippen LogP contribution in [0.3, 0.4) is 0 Å². The van der Waals surface area contributed by atoms with E-state index in [0.29, 0.717) is 11.4 Å². The van der Waals surface area contributed by atoms with Crippen LogP contribution in [0.4, 0.5) is 30.6 Å². The number of hydrogen-bond donors (Lipinski definition) is 3. The summed E-state index contributed by atoms with van der Waals surface area (Å²) in [5, 5.41) is 14.4. The molecular weight excluding hydrogens is 325 g/mol. The Bertz CT molecular complexity index is 695. The van der Waals surface area contributed by atoms with Gasteiger partial charge < -0.3 is 20.5 Å². The van der Waals surface area contributed by atoms with Gasteiger partial charge in [0, 0.05) is 12.1 Å². The topological polar surface area (TPSA) is 79.3 Å². The molecule has 0 spiro atoms. The molecule has 1 aromatic carbocycles. The second kappa shape index (κ2) is 7.35. The second-order valence-electron chi connectivity index (χ2n) is 5.01. The first-order valence-corrected chi connectivity index (χ1v) is 7.07. The highest BCUT2D eigenvalue weighted by Crippen LogP contribution is 2.32. The van der Waals surface area contributed by atoms with E-state index in [9.17, 15) is 13.2 Å². The first-order valence-electron chi connectivity index (χ1n) is 7.07. The lowest BCUT2D eigenvalue weighted by atomic mass is 10.3. The molecule has 0 aliphatic heterocycles. The van der Waals surface area contributed by atoms with Crippen LogP contribution in [0.5, 0.6) is 5.75 Å². The Morgan fingerprint density at radius 3 is 2.58 bits per heavy atom. The van der Waals surface area contributed by atoms with Gasteiger partial charge >= 0.3 is 6.18 Å². The summed E-state index contributed by atoms with van der Waals surface area (Å²) in [6.07, 6.45) is -4.63. The number of aromatic nitrogens is 2. The van der Waals surface area contributed by atoms with Crippen LogP contribution >= 0.6 is 0 Å². The maximum absolute atomic E-state index is 13.0. The van der Waals surface area contributed by atoms with E-state index in [-0.39, 0.29) is 18.4 Å². The maximum Gasteiger partial charge on any atom is 0.433 e. The fourth-order valence-electron chi connectivity index (χ4n) is 1.87. The summed E-state index contributed by atoms with van der Waals surface area (Å²) in [5.41, 5.74) is -0.629. The number of rotatable bonds is 6. The quantitative estimate of drug-likeness (QED) is 0.749. The Hall–Kier alpha value is -2.55. The standard InChI is InChI=1S/C15H17F3N4O2/c1-9(8-23)19-14-21-12(15(16,17)18)7-13(22-14)20-10-5-3-4-6-11(10)24-2/h3-7,9,23H,8H2,1-2H3,(H2,19,20,21,22)/t9-/m1/s1. The fraction of sp³-hybridized carbons (Fsp3) is 0.333. The number of nitrogens with zero attached hydrogens (tertiary/aromatic N) is 2. The van der Waals surface area contributed by atoms with E-state index in [4.69, 9.17) is 9.84 Å². The number of anilines is 3. The van der Waals surface area contributed by atoms with Crippen molar-refractivity contribution in [3.05, 3.63) is 36.0 Å². The molecule has 0 radical (unpaired) electrons. The third-order valence-corrected chi connectivity index (χ3v) is 3.04. The Kier molecular flexibility index (Phi) is 5.45. The van der Waals surface area contributed by atoms with Crippen LogP contribution in [0.25, 0.3) is 0 Å². The molecule has 3 N–H and O–H groups in total. The third-order valence-electron chi connectivity index (χ3n) is 3.04. The molecule has 2 aromatic rings. The van der Waals surface area contributed by atoms with E-state index in [1.807, 2.05) is 0 Å². The number of benzene rings is 1. The molecule has 0 bridgehead atoms. The van der Waals surface area contributed by atoms with Gasteiger partial charge in [0.1, 0.15) is 11.6 Å². The van der Waals surface area contributed by atoms with Gasteiger partial charge in [-0.15, -0.1) is 0 Å². The van der Waals surface area contributed by atoms with Crippen LogP contribution in [0, 0.1) is 0 Å². The normalized spacial score (nSPS) is 12.6. The average molecular weight is 342 g/mol. The van der Waals surface area contributed by atoms with E-state index in [1.54, 1.807) is 31.2 Å². The molecule has 0 fully saturated rings. The number of methoxy groups -OCH3 is 1. The molecule has 2 rings (SSSR count). The van der Waals surface area contributed by atoms with Crippen LogP contribution in [0.1, 0.15) is 12.6 Å². The summed E-state index contributed by atoms with van der Waals surface area (Å²) < 4.78 is 44.2. The van der Waals surface area contributed by atoms with Gasteiger partial charge in [-0.1, -0.05) is 12.1 Å². The predicted molar refractivity (Wildman–Crippen MR) is 83.5 cm³/mol.